The van der Waals surface area contributed by atoms with E-state index in [1.54, 1.807) is 37.4 Å². The number of aromatic nitrogens is 2. The van der Waals surface area contributed by atoms with Crippen LogP contribution in [0.25, 0.3) is 27.7 Å². The van der Waals surface area contributed by atoms with Crippen molar-refractivity contribution in [3.05, 3.63) is 71.9 Å². The fourth-order valence-electron chi connectivity index (χ4n) is 4.20. The maximum absolute atomic E-state index is 13.3. The molecule has 0 unspecified atom stereocenters. The second-order valence-electron chi connectivity index (χ2n) is 8.79. The van der Waals surface area contributed by atoms with E-state index in [0.29, 0.717) is 22.5 Å². The van der Waals surface area contributed by atoms with Crippen LogP contribution in [0.3, 0.4) is 0 Å². The minimum absolute atomic E-state index is 0.0292. The van der Waals surface area contributed by atoms with E-state index in [-0.39, 0.29) is 42.4 Å². The number of benzene rings is 2. The van der Waals surface area contributed by atoms with Gasteiger partial charge in [0, 0.05) is 25.7 Å². The van der Waals surface area contributed by atoms with E-state index in [1.165, 1.54) is 16.1 Å². The summed E-state index contributed by atoms with van der Waals surface area (Å²) in [6, 6.07) is 10.5. The van der Waals surface area contributed by atoms with Crippen molar-refractivity contribution in [2.75, 3.05) is 31.6 Å². The predicted molar refractivity (Wildman–Crippen MR) is 136 cm³/mol. The number of carbonyl (C=O) groups excluding carboxylic acids is 3. The van der Waals surface area contributed by atoms with Crippen LogP contribution in [0.1, 0.15) is 0 Å². The molecule has 5 rings (SSSR count). The first kappa shape index (κ1) is 23.9. The van der Waals surface area contributed by atoms with Gasteiger partial charge in [0.1, 0.15) is 17.8 Å². The van der Waals surface area contributed by atoms with Gasteiger partial charge in [-0.2, -0.15) is 0 Å². The molecule has 3 aromatic rings. The number of nitrogens with zero attached hydrogens (tertiary/aromatic N) is 4. The zero-order chi connectivity index (χ0) is 26.4. The molecule has 0 radical (unpaired) electrons. The lowest BCUT2D eigenvalue weighted by Gasteiger charge is -2.36. The molecule has 11 heteroatoms. The smallest absolute Gasteiger partial charge is 0.272 e. The van der Waals surface area contributed by atoms with Crippen LogP contribution in [0, 0.1) is 0 Å². The van der Waals surface area contributed by atoms with Crippen LogP contribution < -0.4 is 20.5 Å². The average Bonchev–Trinajstić information content (AvgIpc) is 2.88. The number of para-hydroxylation sites is 1. The summed E-state index contributed by atoms with van der Waals surface area (Å²) in [5, 5.41) is 12.0. The van der Waals surface area contributed by atoms with Crippen LogP contribution in [0.5, 0.6) is 5.75 Å². The van der Waals surface area contributed by atoms with Gasteiger partial charge in [0.25, 0.3) is 23.3 Å². The molecule has 3 amide bonds. The molecule has 2 aliphatic rings. The summed E-state index contributed by atoms with van der Waals surface area (Å²) < 4.78 is 6.49. The maximum Gasteiger partial charge on any atom is 0.272 e. The summed E-state index contributed by atoms with van der Waals surface area (Å²) in [7, 11) is 1.67. The number of rotatable bonds is 5. The van der Waals surface area contributed by atoms with Gasteiger partial charge in [0.05, 0.1) is 28.4 Å². The van der Waals surface area contributed by atoms with Gasteiger partial charge in [-0.25, -0.2) is 4.98 Å². The molecule has 2 aliphatic heterocycles. The van der Waals surface area contributed by atoms with E-state index in [0.717, 1.165) is 10.1 Å². The molecule has 1 fully saturated rings. The molecule has 1 saturated heterocycles. The molecular formula is C26H23N5O6. The highest BCUT2D eigenvalue weighted by Gasteiger charge is 2.31. The van der Waals surface area contributed by atoms with Crippen molar-refractivity contribution in [2.24, 2.45) is 0 Å². The van der Waals surface area contributed by atoms with Gasteiger partial charge in [0.2, 0.25) is 0 Å². The Morgan fingerprint density at radius 2 is 1.92 bits per heavy atom. The molecule has 11 nitrogen and oxygen atoms in total. The number of likely N-dealkylation sites (N-methyl/N-ethyl adjacent to an activating group) is 1. The summed E-state index contributed by atoms with van der Waals surface area (Å²) in [4.78, 5) is 57.6. The molecule has 3 heterocycles. The Hall–Kier alpha value is -4.77. The summed E-state index contributed by atoms with van der Waals surface area (Å²) in [6.45, 7) is 7.56. The number of anilines is 1. The van der Waals surface area contributed by atoms with Crippen molar-refractivity contribution in [1.29, 1.82) is 0 Å². The van der Waals surface area contributed by atoms with Crippen molar-refractivity contribution in [3.8, 4) is 16.9 Å². The van der Waals surface area contributed by atoms with Crippen LogP contribution in [0.15, 0.2) is 66.4 Å². The number of carbonyl (C=O) groups is 3. The lowest BCUT2D eigenvalue weighted by Crippen LogP contribution is -2.55. The Kier molecular flexibility index (Phi) is 5.84. The third-order valence-electron chi connectivity index (χ3n) is 6.37. The van der Waals surface area contributed by atoms with Crippen molar-refractivity contribution in [3.63, 3.8) is 0 Å². The highest BCUT2D eigenvalue weighted by molar-refractivity contribution is 6.15. The topological polar surface area (TPSA) is 134 Å². The van der Waals surface area contributed by atoms with Gasteiger partial charge >= 0.3 is 0 Å². The Morgan fingerprint density at radius 3 is 2.65 bits per heavy atom. The zero-order valence-corrected chi connectivity index (χ0v) is 19.9. The van der Waals surface area contributed by atoms with Crippen LogP contribution in [0.2, 0.25) is 0 Å². The monoisotopic (exact) mass is 501 g/mol. The van der Waals surface area contributed by atoms with E-state index >= 15 is 0 Å². The number of aliphatic hydroxyl groups is 1. The number of hydrogen-bond donors (Lipinski definition) is 2. The van der Waals surface area contributed by atoms with Gasteiger partial charge in [0.15, 0.2) is 6.61 Å². The zero-order valence-electron chi connectivity index (χ0n) is 19.9. The first-order valence-corrected chi connectivity index (χ1v) is 11.4. The van der Waals surface area contributed by atoms with Crippen molar-refractivity contribution < 1.29 is 24.2 Å². The highest BCUT2D eigenvalue weighted by Crippen LogP contribution is 2.36. The maximum atomic E-state index is 13.3. The molecule has 0 saturated carbocycles. The number of likely N-dealkylation sites (tertiary alicyclic amines) is 1. The average molecular weight is 501 g/mol. The molecule has 2 aromatic carbocycles. The third kappa shape index (κ3) is 4.15. The molecule has 1 aromatic heterocycles. The number of aliphatic hydroxyl groups excluding tert-OH is 1. The van der Waals surface area contributed by atoms with Gasteiger partial charge in [-0.3, -0.25) is 23.7 Å². The lowest BCUT2D eigenvalue weighted by atomic mass is 10.0. The van der Waals surface area contributed by atoms with Gasteiger partial charge in [-0.1, -0.05) is 31.4 Å². The Morgan fingerprint density at radius 1 is 1.16 bits per heavy atom. The van der Waals surface area contributed by atoms with E-state index in [4.69, 9.17) is 4.74 Å². The van der Waals surface area contributed by atoms with E-state index in [1.807, 2.05) is 6.07 Å². The Bertz CT molecular complexity index is 1570. The molecular weight excluding hydrogens is 478 g/mol. The molecule has 0 atom stereocenters. The van der Waals surface area contributed by atoms with Crippen LogP contribution in [-0.4, -0.2) is 70.1 Å². The Labute approximate surface area is 210 Å². The van der Waals surface area contributed by atoms with Crippen LogP contribution in [0.4, 0.5) is 5.69 Å². The normalized spacial score (nSPS) is 15.0. The summed E-state index contributed by atoms with van der Waals surface area (Å²) >= 11 is 0. The predicted octanol–water partition coefficient (Wildman–Crippen LogP) is 0.722. The number of hydrogen-bond acceptors (Lipinski definition) is 7. The van der Waals surface area contributed by atoms with Gasteiger partial charge < -0.3 is 25.0 Å². The quantitative estimate of drug-likeness (QED) is 0.492. The molecule has 0 bridgehead atoms. The summed E-state index contributed by atoms with van der Waals surface area (Å²) in [5.74, 6) is -0.912. The number of ether oxygens (including phenoxy) is 1. The Balaban J connectivity index is 1.43. The fourth-order valence-corrected chi connectivity index (χ4v) is 4.20. The second kappa shape index (κ2) is 9.03. The van der Waals surface area contributed by atoms with E-state index in [2.05, 4.69) is 23.5 Å². The second-order valence-corrected chi connectivity index (χ2v) is 8.79. The summed E-state index contributed by atoms with van der Waals surface area (Å²) in [6.07, 6.45) is 0.608. The largest absolute Gasteiger partial charge is 0.482 e. The van der Waals surface area contributed by atoms with E-state index < -0.39 is 23.5 Å². The first-order valence-electron chi connectivity index (χ1n) is 11.4. The van der Waals surface area contributed by atoms with Crippen LogP contribution in [-0.2, 0) is 14.4 Å². The standard InChI is InChI=1S/C26H23N5O6/c1-14(25(35)30-10-17(32)11-30)28-24(34)15(2)31-13-27-23-18(5-4-6-19(23)26(31)36)16-7-8-21-20(9-16)29(3)22(33)12-37-21/h4-9,13,17,32H,1-2,10-12H2,3H3,(H,28,34). The SMILES string of the molecule is C=C(NC(=O)C(=C)n1cnc2c(-c3ccc4c(c3)N(C)C(=O)CO4)cccc2c1=O)C(=O)N1CC(O)C1. The molecule has 188 valence electrons. The van der Waals surface area contributed by atoms with Crippen LogP contribution >= 0.6 is 0 Å². The number of nitrogens with one attached hydrogen (secondary N) is 1. The fraction of sp³-hybridized carbons (Fsp3) is 0.192. The molecule has 37 heavy (non-hydrogen) atoms. The summed E-state index contributed by atoms with van der Waals surface area (Å²) in [5.41, 5.74) is 1.42. The van der Waals surface area contributed by atoms with Crippen molar-refractivity contribution in [2.45, 2.75) is 6.10 Å². The van der Waals surface area contributed by atoms with Gasteiger partial charge in [-0.15, -0.1) is 0 Å². The van der Waals surface area contributed by atoms with Gasteiger partial charge in [-0.05, 0) is 23.8 Å². The minimum atomic E-state index is -0.791. The lowest BCUT2D eigenvalue weighted by molar-refractivity contribution is -0.138. The number of amides is 3. The van der Waals surface area contributed by atoms with Crippen molar-refractivity contribution in [1.82, 2.24) is 19.8 Å². The first-order chi connectivity index (χ1) is 17.7. The minimum Gasteiger partial charge on any atom is -0.482 e. The number of fused-ring (bicyclic) bond motifs is 2. The molecule has 0 aliphatic carbocycles. The third-order valence-corrected chi connectivity index (χ3v) is 6.37. The highest BCUT2D eigenvalue weighted by atomic mass is 16.5. The molecule has 0 spiro atoms. The molecule has 2 N–H and O–H groups in total. The van der Waals surface area contributed by atoms with E-state index in [9.17, 15) is 24.3 Å². The van der Waals surface area contributed by atoms with Crippen molar-refractivity contribution >= 4 is 40.0 Å². The number of β-amino-alcohol motifs (C(OH)–C–C–N with tert-alkyl or cyclic N) is 1.